The lowest BCUT2D eigenvalue weighted by Crippen LogP contribution is -2.41. The summed E-state index contributed by atoms with van der Waals surface area (Å²) in [6.07, 6.45) is 8.71. The normalized spacial score (nSPS) is 20.9. The number of likely N-dealkylation sites (tertiary alicyclic amines) is 1. The number of hydrogen-bond acceptors (Lipinski definition) is 2. The number of nitrogens with zero attached hydrogens (tertiary/aromatic N) is 4. The van der Waals surface area contributed by atoms with Crippen molar-refractivity contribution < 1.29 is 4.79 Å². The largest absolute Gasteiger partial charge is 0.348 e. The standard InChI is InChI=1S/C20H28N4O/c1-14-11-19(15(2)24(14)12-17-6-7-17)20(25)22-9-4-5-18(13-22)23-10-8-21-16(23)3/h8,10-11,17-18H,4-7,9,12-13H2,1-3H3/t18-/m1/s1. The van der Waals surface area contributed by atoms with Gasteiger partial charge >= 0.3 is 0 Å². The second-order valence-corrected chi connectivity index (χ2v) is 7.77. The maximum absolute atomic E-state index is 13.2. The molecule has 0 N–H and O–H groups in total. The van der Waals surface area contributed by atoms with Crippen molar-refractivity contribution in [3.63, 3.8) is 0 Å². The van der Waals surface area contributed by atoms with Crippen LogP contribution in [-0.2, 0) is 6.54 Å². The topological polar surface area (TPSA) is 43.1 Å². The average Bonchev–Trinajstić information content (AvgIpc) is 3.27. The van der Waals surface area contributed by atoms with Gasteiger partial charge in [0.25, 0.3) is 5.91 Å². The molecule has 2 fully saturated rings. The molecule has 5 nitrogen and oxygen atoms in total. The van der Waals surface area contributed by atoms with Gasteiger partial charge in [0, 0.05) is 43.4 Å². The van der Waals surface area contributed by atoms with Crippen molar-refractivity contribution >= 4 is 5.91 Å². The van der Waals surface area contributed by atoms with E-state index >= 15 is 0 Å². The molecule has 1 saturated carbocycles. The Labute approximate surface area is 149 Å². The van der Waals surface area contributed by atoms with Crippen molar-refractivity contribution in [2.24, 2.45) is 5.92 Å². The van der Waals surface area contributed by atoms with E-state index in [0.29, 0.717) is 6.04 Å². The van der Waals surface area contributed by atoms with Crippen molar-refractivity contribution in [2.75, 3.05) is 13.1 Å². The second-order valence-electron chi connectivity index (χ2n) is 7.77. The van der Waals surface area contributed by atoms with Crippen LogP contribution in [0.25, 0.3) is 0 Å². The Morgan fingerprint density at radius 1 is 1.24 bits per heavy atom. The Bertz CT molecular complexity index is 784. The van der Waals surface area contributed by atoms with Crippen molar-refractivity contribution in [1.29, 1.82) is 0 Å². The Kier molecular flexibility index (Phi) is 4.18. The predicted octanol–water partition coefficient (Wildman–Crippen LogP) is 3.50. The SMILES string of the molecule is Cc1nccn1[C@@H]1CCCN(C(=O)c2cc(C)n(CC3CC3)c2C)C1. The van der Waals surface area contributed by atoms with Gasteiger partial charge in [-0.15, -0.1) is 0 Å². The van der Waals surface area contributed by atoms with E-state index in [9.17, 15) is 4.79 Å². The van der Waals surface area contributed by atoms with Gasteiger partial charge in [-0.1, -0.05) is 0 Å². The van der Waals surface area contributed by atoms with Gasteiger partial charge in [0.2, 0.25) is 0 Å². The Balaban J connectivity index is 1.53. The third-order valence-electron chi connectivity index (χ3n) is 5.88. The highest BCUT2D eigenvalue weighted by molar-refractivity contribution is 5.95. The maximum Gasteiger partial charge on any atom is 0.255 e. The molecular weight excluding hydrogens is 312 g/mol. The molecule has 2 aliphatic rings. The molecule has 0 aromatic carbocycles. The zero-order chi connectivity index (χ0) is 17.6. The lowest BCUT2D eigenvalue weighted by atomic mass is 10.0. The number of rotatable bonds is 4. The third-order valence-corrected chi connectivity index (χ3v) is 5.88. The smallest absolute Gasteiger partial charge is 0.255 e. The zero-order valence-corrected chi connectivity index (χ0v) is 15.5. The number of piperidine rings is 1. The molecule has 1 aliphatic heterocycles. The molecule has 1 aliphatic carbocycles. The zero-order valence-electron chi connectivity index (χ0n) is 15.5. The Morgan fingerprint density at radius 2 is 2.04 bits per heavy atom. The van der Waals surface area contributed by atoms with E-state index < -0.39 is 0 Å². The molecule has 1 saturated heterocycles. The fraction of sp³-hybridized carbons (Fsp3) is 0.600. The molecule has 25 heavy (non-hydrogen) atoms. The fourth-order valence-corrected chi connectivity index (χ4v) is 4.17. The van der Waals surface area contributed by atoms with E-state index in [2.05, 4.69) is 34.0 Å². The summed E-state index contributed by atoms with van der Waals surface area (Å²) in [5, 5.41) is 0. The molecule has 4 rings (SSSR count). The monoisotopic (exact) mass is 340 g/mol. The van der Waals surface area contributed by atoms with E-state index in [1.807, 2.05) is 24.2 Å². The number of aryl methyl sites for hydroxylation is 2. The van der Waals surface area contributed by atoms with Crippen LogP contribution in [0.15, 0.2) is 18.5 Å². The second kappa shape index (κ2) is 6.36. The quantitative estimate of drug-likeness (QED) is 0.855. The summed E-state index contributed by atoms with van der Waals surface area (Å²) in [5.74, 6) is 2.04. The molecule has 1 atom stereocenters. The summed E-state index contributed by atoms with van der Waals surface area (Å²) >= 11 is 0. The first-order valence-corrected chi connectivity index (χ1v) is 9.50. The Hall–Kier alpha value is -2.04. The van der Waals surface area contributed by atoms with E-state index in [1.165, 1.54) is 18.5 Å². The van der Waals surface area contributed by atoms with Crippen molar-refractivity contribution in [3.8, 4) is 0 Å². The van der Waals surface area contributed by atoms with Gasteiger partial charge in [-0.25, -0.2) is 4.98 Å². The minimum absolute atomic E-state index is 0.192. The van der Waals surface area contributed by atoms with Crippen molar-refractivity contribution in [3.05, 3.63) is 41.2 Å². The summed E-state index contributed by atoms with van der Waals surface area (Å²) < 4.78 is 4.56. The number of imidazole rings is 1. The Morgan fingerprint density at radius 3 is 2.72 bits per heavy atom. The van der Waals surface area contributed by atoms with Crippen LogP contribution >= 0.6 is 0 Å². The molecule has 0 spiro atoms. The fourth-order valence-electron chi connectivity index (χ4n) is 4.17. The molecule has 2 aromatic rings. The van der Waals surface area contributed by atoms with Gasteiger partial charge < -0.3 is 14.0 Å². The molecule has 1 amide bonds. The highest BCUT2D eigenvalue weighted by Gasteiger charge is 2.29. The first kappa shape index (κ1) is 16.4. The van der Waals surface area contributed by atoms with Crippen molar-refractivity contribution in [1.82, 2.24) is 19.0 Å². The number of carbonyl (C=O) groups excluding carboxylic acids is 1. The van der Waals surface area contributed by atoms with E-state index in [0.717, 1.165) is 55.5 Å². The van der Waals surface area contributed by atoms with E-state index in [1.54, 1.807) is 0 Å². The van der Waals surface area contributed by atoms with Crippen LogP contribution in [0.5, 0.6) is 0 Å². The average molecular weight is 340 g/mol. The minimum atomic E-state index is 0.192. The van der Waals surface area contributed by atoms with Crippen LogP contribution < -0.4 is 0 Å². The van der Waals surface area contributed by atoms with E-state index in [4.69, 9.17) is 0 Å². The predicted molar refractivity (Wildman–Crippen MR) is 97.8 cm³/mol. The van der Waals surface area contributed by atoms with Gasteiger partial charge in [0.1, 0.15) is 5.82 Å². The summed E-state index contributed by atoms with van der Waals surface area (Å²) in [5.41, 5.74) is 3.24. The molecule has 134 valence electrons. The van der Waals surface area contributed by atoms with Gasteiger partial charge in [-0.2, -0.15) is 0 Å². The maximum atomic E-state index is 13.2. The van der Waals surface area contributed by atoms with Gasteiger partial charge in [0.05, 0.1) is 11.6 Å². The summed E-state index contributed by atoms with van der Waals surface area (Å²) in [7, 11) is 0. The first-order chi connectivity index (χ1) is 12.0. The van der Waals surface area contributed by atoms with Crippen molar-refractivity contribution in [2.45, 2.75) is 59.0 Å². The van der Waals surface area contributed by atoms with Crippen LogP contribution in [0, 0.1) is 26.7 Å². The van der Waals surface area contributed by atoms with Gasteiger partial charge in [-0.3, -0.25) is 4.79 Å². The lowest BCUT2D eigenvalue weighted by molar-refractivity contribution is 0.0677. The molecular formula is C20H28N4O. The molecule has 0 radical (unpaired) electrons. The molecule has 0 bridgehead atoms. The number of hydrogen-bond donors (Lipinski definition) is 0. The first-order valence-electron chi connectivity index (χ1n) is 9.50. The number of carbonyl (C=O) groups is 1. The highest BCUT2D eigenvalue weighted by atomic mass is 16.2. The van der Waals surface area contributed by atoms with Crippen LogP contribution in [-0.4, -0.2) is 38.0 Å². The van der Waals surface area contributed by atoms with Crippen LogP contribution in [0.2, 0.25) is 0 Å². The van der Waals surface area contributed by atoms with Crippen LogP contribution in [0.1, 0.15) is 59.3 Å². The minimum Gasteiger partial charge on any atom is -0.348 e. The summed E-state index contributed by atoms with van der Waals surface area (Å²) in [6.45, 7) is 8.97. The lowest BCUT2D eigenvalue weighted by Gasteiger charge is -2.34. The van der Waals surface area contributed by atoms with E-state index in [-0.39, 0.29) is 5.91 Å². The molecule has 0 unspecified atom stereocenters. The summed E-state index contributed by atoms with van der Waals surface area (Å²) in [6, 6.07) is 2.43. The number of aromatic nitrogens is 3. The highest BCUT2D eigenvalue weighted by Crippen LogP contribution is 2.33. The van der Waals surface area contributed by atoms with Crippen LogP contribution in [0.3, 0.4) is 0 Å². The van der Waals surface area contributed by atoms with Gasteiger partial charge in [0.15, 0.2) is 0 Å². The third kappa shape index (κ3) is 3.12. The molecule has 2 aromatic heterocycles. The number of amides is 1. The molecule has 5 heteroatoms. The van der Waals surface area contributed by atoms with Gasteiger partial charge in [-0.05, 0) is 58.4 Å². The molecule has 3 heterocycles. The summed E-state index contributed by atoms with van der Waals surface area (Å²) in [4.78, 5) is 19.6. The van der Waals surface area contributed by atoms with Crippen LogP contribution in [0.4, 0.5) is 0 Å².